The molecule has 0 aliphatic heterocycles. The van der Waals surface area contributed by atoms with E-state index in [0.29, 0.717) is 5.76 Å². The van der Waals surface area contributed by atoms with Crippen molar-refractivity contribution >= 4 is 0 Å². The predicted molar refractivity (Wildman–Crippen MR) is 18.9 cm³/mol. The van der Waals surface area contributed by atoms with Gasteiger partial charge in [0.25, 0.3) is 0 Å². The molecule has 2 heteroatoms. The zero-order chi connectivity index (χ0) is 4.41. The minimum Gasteiger partial charge on any atom is -0.360 e. The third-order valence-electron chi connectivity index (χ3n) is 0.460. The Balaban J connectivity index is 3.05. The van der Waals surface area contributed by atoms with Gasteiger partial charge in [-0.05, 0) is 6.92 Å². The van der Waals surface area contributed by atoms with Gasteiger partial charge in [0.1, 0.15) is 12.0 Å². The quantitative estimate of drug-likeness (QED) is 0.456. The second-order valence-corrected chi connectivity index (χ2v) is 0.976. The summed E-state index contributed by atoms with van der Waals surface area (Å²) in [5, 5.41) is 3.27. The van der Waals surface area contributed by atoms with Gasteiger partial charge in [0, 0.05) is 0 Å². The van der Waals surface area contributed by atoms with Crippen LogP contribution in [-0.2, 0) is 0 Å². The van der Waals surface area contributed by atoms with E-state index in [1.165, 1.54) is 0 Å². The van der Waals surface area contributed by atoms with Gasteiger partial charge in [-0.3, -0.25) is 0 Å². The monoisotopic (exact) mass is 81.0 g/mol. The van der Waals surface area contributed by atoms with E-state index in [1.807, 2.05) is 0 Å². The van der Waals surface area contributed by atoms with Gasteiger partial charge in [0.15, 0.2) is 0 Å². The highest BCUT2D eigenvalue weighted by Crippen LogP contribution is 1.86. The fourth-order valence-corrected chi connectivity index (χ4v) is 0.216. The molecule has 2 radical (unpaired) electrons. The number of hydrogen-bond acceptors (Lipinski definition) is 2. The molecule has 1 heterocycles. The Labute approximate surface area is 35.8 Å². The van der Waals surface area contributed by atoms with Crippen molar-refractivity contribution in [2.45, 2.75) is 6.92 Å². The van der Waals surface area contributed by atoms with E-state index in [4.69, 9.17) is 0 Å². The van der Waals surface area contributed by atoms with E-state index in [9.17, 15) is 0 Å². The molecule has 0 bridgehead atoms. The molecule has 0 aliphatic rings. The van der Waals surface area contributed by atoms with Crippen LogP contribution < -0.4 is 0 Å². The van der Waals surface area contributed by atoms with Crippen LogP contribution in [0, 0.1) is 19.2 Å². The fraction of sp³-hybridized carbons (Fsp3) is 0.250. The first-order valence-electron chi connectivity index (χ1n) is 1.61. The lowest BCUT2D eigenvalue weighted by atomic mass is 10.5. The molecule has 0 aromatic carbocycles. The summed E-state index contributed by atoms with van der Waals surface area (Å²) in [6.07, 6.45) is 2.39. The number of hydrogen-bond donors (Lipinski definition) is 0. The Morgan fingerprint density at radius 3 is 2.83 bits per heavy atom. The first kappa shape index (κ1) is 3.40. The third kappa shape index (κ3) is 0.407. The van der Waals surface area contributed by atoms with Crippen LogP contribution in [0.2, 0.25) is 0 Å². The maximum Gasteiger partial charge on any atom is 0.144 e. The van der Waals surface area contributed by atoms with Gasteiger partial charge in [0.05, 0.1) is 6.07 Å². The summed E-state index contributed by atoms with van der Waals surface area (Å²) in [7, 11) is 0. The molecule has 0 atom stereocenters. The fourth-order valence-electron chi connectivity index (χ4n) is 0.216. The van der Waals surface area contributed by atoms with Gasteiger partial charge in [0.2, 0.25) is 0 Å². The summed E-state index contributed by atoms with van der Waals surface area (Å²) in [6, 6.07) is 2.60. The highest BCUT2D eigenvalue weighted by molar-refractivity contribution is 4.82. The van der Waals surface area contributed by atoms with Gasteiger partial charge < -0.3 is 4.52 Å². The van der Waals surface area contributed by atoms with Crippen molar-refractivity contribution in [3.05, 3.63) is 18.0 Å². The zero-order valence-corrected chi connectivity index (χ0v) is 3.36. The Morgan fingerprint density at radius 1 is 1.83 bits per heavy atom. The molecule has 0 aliphatic carbocycles. The normalized spacial score (nSPS) is 8.83. The molecule has 2 nitrogen and oxygen atoms in total. The number of aromatic nitrogens is 1. The number of rotatable bonds is 0. The second-order valence-electron chi connectivity index (χ2n) is 0.976. The lowest BCUT2D eigenvalue weighted by Gasteiger charge is -1.64. The molecule has 6 heavy (non-hydrogen) atoms. The van der Waals surface area contributed by atoms with Crippen LogP contribution in [0.5, 0.6) is 0 Å². The minimum absolute atomic E-state index is 0.676. The first-order valence-corrected chi connectivity index (χ1v) is 1.61. The molecule has 0 unspecified atom stereocenters. The third-order valence-corrected chi connectivity index (χ3v) is 0.460. The maximum atomic E-state index is 4.47. The standard InChI is InChI=1S/C4H3NO/c1-4-2-3-5-6-4/h1H3. The maximum absolute atomic E-state index is 4.47. The van der Waals surface area contributed by atoms with Crippen molar-refractivity contribution in [1.82, 2.24) is 5.16 Å². The van der Waals surface area contributed by atoms with E-state index in [2.05, 4.69) is 21.9 Å². The van der Waals surface area contributed by atoms with E-state index in [1.54, 1.807) is 6.92 Å². The van der Waals surface area contributed by atoms with Crippen molar-refractivity contribution < 1.29 is 4.52 Å². The van der Waals surface area contributed by atoms with Crippen LogP contribution in [0.3, 0.4) is 0 Å². The summed E-state index contributed by atoms with van der Waals surface area (Å²) in [4.78, 5) is 0. The molecule has 1 rings (SSSR count). The average Bonchev–Trinajstić information content (AvgIpc) is 1.86. The summed E-state index contributed by atoms with van der Waals surface area (Å²) < 4.78 is 4.47. The van der Waals surface area contributed by atoms with Crippen molar-refractivity contribution in [3.63, 3.8) is 0 Å². The Kier molecular flexibility index (Phi) is 0.638. The summed E-state index contributed by atoms with van der Waals surface area (Å²) in [6.45, 7) is 1.77. The van der Waals surface area contributed by atoms with Crippen LogP contribution in [0.15, 0.2) is 4.52 Å². The van der Waals surface area contributed by atoms with Crippen LogP contribution in [0.1, 0.15) is 5.76 Å². The Bertz CT molecular complexity index is 111. The molecule has 1 aromatic rings. The zero-order valence-electron chi connectivity index (χ0n) is 3.36. The summed E-state index contributed by atoms with van der Waals surface area (Å²) in [5.41, 5.74) is 0. The Hall–Kier alpha value is -0.790. The smallest absolute Gasteiger partial charge is 0.144 e. The van der Waals surface area contributed by atoms with Crippen LogP contribution in [-0.4, -0.2) is 5.16 Å². The van der Waals surface area contributed by atoms with Gasteiger partial charge in [-0.15, -0.1) is 0 Å². The van der Waals surface area contributed by atoms with E-state index in [0.717, 1.165) is 0 Å². The minimum atomic E-state index is 0.676. The van der Waals surface area contributed by atoms with Gasteiger partial charge in [-0.1, -0.05) is 5.16 Å². The molecule has 0 saturated heterocycles. The lowest BCUT2D eigenvalue weighted by Crippen LogP contribution is -1.51. The highest BCUT2D eigenvalue weighted by Gasteiger charge is 1.80. The molecule has 0 N–H and O–H groups in total. The summed E-state index contributed by atoms with van der Waals surface area (Å²) in [5.74, 6) is 0.676. The SMILES string of the molecule is Cc1[c][c]no1. The lowest BCUT2D eigenvalue weighted by molar-refractivity contribution is 0.396. The highest BCUT2D eigenvalue weighted by atomic mass is 16.5. The van der Waals surface area contributed by atoms with Crippen LogP contribution in [0.4, 0.5) is 0 Å². The molecular weight excluding hydrogens is 78.0 g/mol. The second kappa shape index (κ2) is 1.12. The van der Waals surface area contributed by atoms with Crippen molar-refractivity contribution in [3.8, 4) is 0 Å². The van der Waals surface area contributed by atoms with E-state index < -0.39 is 0 Å². The van der Waals surface area contributed by atoms with Gasteiger partial charge in [-0.25, -0.2) is 0 Å². The molecule has 30 valence electrons. The molecular formula is C4H3NO. The molecule has 0 spiro atoms. The predicted octanol–water partition coefficient (Wildman–Crippen LogP) is 0.583. The molecule has 0 saturated carbocycles. The van der Waals surface area contributed by atoms with Crippen molar-refractivity contribution in [2.24, 2.45) is 0 Å². The van der Waals surface area contributed by atoms with Crippen LogP contribution in [0.25, 0.3) is 0 Å². The molecule has 0 fully saturated rings. The largest absolute Gasteiger partial charge is 0.360 e. The average molecular weight is 81.1 g/mol. The van der Waals surface area contributed by atoms with Gasteiger partial charge in [-0.2, -0.15) is 0 Å². The van der Waals surface area contributed by atoms with Crippen molar-refractivity contribution in [2.75, 3.05) is 0 Å². The van der Waals surface area contributed by atoms with E-state index >= 15 is 0 Å². The van der Waals surface area contributed by atoms with Crippen molar-refractivity contribution in [1.29, 1.82) is 0 Å². The number of aryl methyl sites for hydroxylation is 1. The topological polar surface area (TPSA) is 26.0 Å². The molecule has 1 aromatic heterocycles. The molecule has 0 amide bonds. The number of nitrogens with zero attached hydrogens (tertiary/aromatic N) is 1. The van der Waals surface area contributed by atoms with E-state index in [-0.39, 0.29) is 0 Å². The van der Waals surface area contributed by atoms with Gasteiger partial charge >= 0.3 is 0 Å². The summed E-state index contributed by atoms with van der Waals surface area (Å²) >= 11 is 0. The first-order chi connectivity index (χ1) is 2.89. The van der Waals surface area contributed by atoms with Crippen LogP contribution >= 0.6 is 0 Å². The Morgan fingerprint density at radius 2 is 2.67 bits per heavy atom.